The van der Waals surface area contributed by atoms with E-state index in [-0.39, 0.29) is 5.69 Å². The highest BCUT2D eigenvalue weighted by molar-refractivity contribution is 7.92. The summed E-state index contributed by atoms with van der Waals surface area (Å²) < 4.78 is 29.4. The van der Waals surface area contributed by atoms with Crippen LogP contribution in [0.4, 0.5) is 5.69 Å². The molecular weight excluding hydrogens is 258 g/mol. The van der Waals surface area contributed by atoms with Crippen molar-refractivity contribution in [3.63, 3.8) is 0 Å². The zero-order valence-electron chi connectivity index (χ0n) is 10.3. The topological polar surface area (TPSA) is 83.9 Å². The Morgan fingerprint density at radius 3 is 2.39 bits per heavy atom. The van der Waals surface area contributed by atoms with Crippen molar-refractivity contribution < 1.29 is 23.1 Å². The molecule has 0 aromatic heterocycles. The lowest BCUT2D eigenvalue weighted by Crippen LogP contribution is -2.43. The van der Waals surface area contributed by atoms with Gasteiger partial charge in [-0.1, -0.05) is 12.1 Å². The van der Waals surface area contributed by atoms with Crippen molar-refractivity contribution in [2.75, 3.05) is 17.7 Å². The third-order valence-electron chi connectivity index (χ3n) is 2.39. The van der Waals surface area contributed by atoms with Crippen molar-refractivity contribution in [2.24, 2.45) is 0 Å². The molecule has 1 aromatic carbocycles. The molecule has 1 unspecified atom stereocenters. The first-order valence-electron chi connectivity index (χ1n) is 5.14. The molecule has 0 saturated heterocycles. The maximum atomic E-state index is 11.8. The Morgan fingerprint density at radius 2 is 1.94 bits per heavy atom. The Kier molecular flexibility index (Phi) is 4.18. The number of para-hydroxylation sites is 2. The minimum absolute atomic E-state index is 0.206. The van der Waals surface area contributed by atoms with Gasteiger partial charge in [-0.3, -0.25) is 4.31 Å². The second-order valence-corrected chi connectivity index (χ2v) is 5.60. The number of anilines is 1. The summed E-state index contributed by atoms with van der Waals surface area (Å²) in [5.74, 6) is -0.928. The molecular formula is C11H15NO5S. The Hall–Kier alpha value is -1.76. The molecule has 1 atom stereocenters. The van der Waals surface area contributed by atoms with E-state index in [1.54, 1.807) is 18.2 Å². The minimum atomic E-state index is -3.72. The quantitative estimate of drug-likeness (QED) is 0.863. The largest absolute Gasteiger partial charge is 0.495 e. The number of ether oxygens (including phenoxy) is 1. The summed E-state index contributed by atoms with van der Waals surface area (Å²) in [6, 6.07) is 5.15. The van der Waals surface area contributed by atoms with Gasteiger partial charge in [0.25, 0.3) is 0 Å². The summed E-state index contributed by atoms with van der Waals surface area (Å²) in [7, 11) is -2.33. The first-order valence-corrected chi connectivity index (χ1v) is 6.99. The smallest absolute Gasteiger partial charge is 0.327 e. The molecule has 100 valence electrons. The van der Waals surface area contributed by atoms with Crippen LogP contribution in [-0.4, -0.2) is 38.9 Å². The molecule has 0 amide bonds. The average molecular weight is 273 g/mol. The Bertz CT molecular complexity index is 540. The van der Waals surface area contributed by atoms with Gasteiger partial charge >= 0.3 is 5.97 Å². The zero-order valence-corrected chi connectivity index (χ0v) is 11.1. The number of carbonyl (C=O) groups is 1. The molecule has 0 spiro atoms. The number of hydrogen-bond donors (Lipinski definition) is 1. The van der Waals surface area contributed by atoms with Gasteiger partial charge in [-0.05, 0) is 19.1 Å². The van der Waals surface area contributed by atoms with Crippen LogP contribution in [0, 0.1) is 0 Å². The summed E-state index contributed by atoms with van der Waals surface area (Å²) in [5.41, 5.74) is 0.206. The fourth-order valence-corrected chi connectivity index (χ4v) is 2.76. The molecule has 7 heteroatoms. The molecule has 1 N–H and O–H groups in total. The molecule has 0 heterocycles. The third-order valence-corrected chi connectivity index (χ3v) is 3.62. The van der Waals surface area contributed by atoms with Crippen LogP contribution in [0.3, 0.4) is 0 Å². The number of hydrogen-bond acceptors (Lipinski definition) is 4. The Morgan fingerprint density at radius 1 is 1.39 bits per heavy atom. The van der Waals surface area contributed by atoms with Gasteiger partial charge in [0.15, 0.2) is 0 Å². The van der Waals surface area contributed by atoms with E-state index in [2.05, 4.69) is 0 Å². The fourth-order valence-electron chi connectivity index (χ4n) is 1.59. The molecule has 1 rings (SSSR count). The molecule has 0 saturated carbocycles. The lowest BCUT2D eigenvalue weighted by molar-refractivity contribution is -0.137. The van der Waals surface area contributed by atoms with E-state index in [4.69, 9.17) is 9.84 Å². The van der Waals surface area contributed by atoms with Crippen LogP contribution in [0.5, 0.6) is 5.75 Å². The standard InChI is InChI=1S/C11H15NO5S/c1-8(11(13)14)12(18(3,15)16)9-6-4-5-7-10(9)17-2/h4-8H,1-3H3,(H,13,14). The molecule has 0 fully saturated rings. The van der Waals surface area contributed by atoms with Gasteiger partial charge in [0.2, 0.25) is 10.0 Å². The Labute approximate surface area is 106 Å². The number of sulfonamides is 1. The third kappa shape index (κ3) is 2.92. The summed E-state index contributed by atoms with van der Waals surface area (Å²) in [6.07, 6.45) is 0.957. The molecule has 18 heavy (non-hydrogen) atoms. The highest BCUT2D eigenvalue weighted by atomic mass is 32.2. The fraction of sp³-hybridized carbons (Fsp3) is 0.364. The highest BCUT2D eigenvalue weighted by Gasteiger charge is 2.30. The molecule has 0 radical (unpaired) electrons. The highest BCUT2D eigenvalue weighted by Crippen LogP contribution is 2.31. The van der Waals surface area contributed by atoms with Gasteiger partial charge in [0.1, 0.15) is 11.8 Å². The van der Waals surface area contributed by atoms with E-state index < -0.39 is 22.0 Å². The van der Waals surface area contributed by atoms with Gasteiger partial charge in [-0.25, -0.2) is 13.2 Å². The maximum absolute atomic E-state index is 11.8. The lowest BCUT2D eigenvalue weighted by Gasteiger charge is -2.27. The van der Waals surface area contributed by atoms with E-state index in [1.807, 2.05) is 0 Å². The predicted molar refractivity (Wildman–Crippen MR) is 67.4 cm³/mol. The first-order chi connectivity index (χ1) is 8.29. The number of carboxylic acid groups (broad SMARTS) is 1. The number of methoxy groups -OCH3 is 1. The van der Waals surface area contributed by atoms with Gasteiger partial charge in [-0.15, -0.1) is 0 Å². The normalized spacial score (nSPS) is 12.8. The first kappa shape index (κ1) is 14.3. The van der Waals surface area contributed by atoms with Gasteiger partial charge in [0, 0.05) is 0 Å². The number of nitrogens with zero attached hydrogens (tertiary/aromatic N) is 1. The van der Waals surface area contributed by atoms with Gasteiger partial charge in [0.05, 0.1) is 19.1 Å². The van der Waals surface area contributed by atoms with Crippen LogP contribution in [0.2, 0.25) is 0 Å². The van der Waals surface area contributed by atoms with Crippen LogP contribution in [0.1, 0.15) is 6.92 Å². The monoisotopic (exact) mass is 273 g/mol. The van der Waals surface area contributed by atoms with Crippen LogP contribution in [0.25, 0.3) is 0 Å². The molecule has 6 nitrogen and oxygen atoms in total. The summed E-state index contributed by atoms with van der Waals surface area (Å²) >= 11 is 0. The van der Waals surface area contributed by atoms with Crippen molar-refractivity contribution in [3.8, 4) is 5.75 Å². The van der Waals surface area contributed by atoms with Crippen molar-refractivity contribution in [1.82, 2.24) is 0 Å². The minimum Gasteiger partial charge on any atom is -0.495 e. The number of aliphatic carboxylic acids is 1. The second-order valence-electron chi connectivity index (χ2n) is 3.74. The second kappa shape index (κ2) is 5.26. The average Bonchev–Trinajstić information content (AvgIpc) is 2.27. The van der Waals surface area contributed by atoms with Gasteiger partial charge < -0.3 is 9.84 Å². The van der Waals surface area contributed by atoms with E-state index in [0.29, 0.717) is 5.75 Å². The van der Waals surface area contributed by atoms with E-state index >= 15 is 0 Å². The van der Waals surface area contributed by atoms with E-state index in [9.17, 15) is 13.2 Å². The van der Waals surface area contributed by atoms with Gasteiger partial charge in [-0.2, -0.15) is 0 Å². The zero-order chi connectivity index (χ0) is 13.9. The number of benzene rings is 1. The maximum Gasteiger partial charge on any atom is 0.327 e. The molecule has 0 aliphatic heterocycles. The molecule has 0 aliphatic carbocycles. The van der Waals surface area contributed by atoms with Crippen LogP contribution >= 0.6 is 0 Å². The number of rotatable bonds is 5. The SMILES string of the molecule is COc1ccccc1N(C(C)C(=O)O)S(C)(=O)=O. The molecule has 0 bridgehead atoms. The van der Waals surface area contributed by atoms with E-state index in [1.165, 1.54) is 20.1 Å². The van der Waals surface area contributed by atoms with Crippen LogP contribution in [-0.2, 0) is 14.8 Å². The van der Waals surface area contributed by atoms with Crippen LogP contribution in [0.15, 0.2) is 24.3 Å². The van der Waals surface area contributed by atoms with Crippen molar-refractivity contribution in [2.45, 2.75) is 13.0 Å². The summed E-state index contributed by atoms with van der Waals surface area (Å²) in [6.45, 7) is 1.30. The summed E-state index contributed by atoms with van der Waals surface area (Å²) in [5, 5.41) is 8.99. The Balaban J connectivity index is 3.40. The molecule has 1 aromatic rings. The van der Waals surface area contributed by atoms with Crippen LogP contribution < -0.4 is 9.04 Å². The molecule has 0 aliphatic rings. The van der Waals surface area contributed by atoms with Crippen molar-refractivity contribution >= 4 is 21.7 Å². The predicted octanol–water partition coefficient (Wildman–Crippen LogP) is 0.934. The number of carboxylic acids is 1. The lowest BCUT2D eigenvalue weighted by atomic mass is 10.2. The van der Waals surface area contributed by atoms with Crippen molar-refractivity contribution in [1.29, 1.82) is 0 Å². The summed E-state index contributed by atoms with van der Waals surface area (Å²) in [4.78, 5) is 11.0. The van der Waals surface area contributed by atoms with E-state index in [0.717, 1.165) is 10.6 Å². The van der Waals surface area contributed by atoms with Crippen molar-refractivity contribution in [3.05, 3.63) is 24.3 Å².